The minimum absolute atomic E-state index is 0.147. The molecule has 3 saturated heterocycles. The van der Waals surface area contributed by atoms with Crippen LogP contribution in [0.3, 0.4) is 0 Å². The normalized spacial score (nSPS) is 25.5. The van der Waals surface area contributed by atoms with Crippen molar-refractivity contribution in [1.82, 2.24) is 4.98 Å². The average molecular weight is 490 g/mol. The minimum Gasteiger partial charge on any atom is -0.447 e. The fourth-order valence-electron chi connectivity index (χ4n) is 6.78. The highest BCUT2D eigenvalue weighted by atomic mass is 16.5. The molecule has 0 amide bonds. The van der Waals surface area contributed by atoms with Gasteiger partial charge < -0.3 is 9.22 Å². The summed E-state index contributed by atoms with van der Waals surface area (Å²) < 4.78 is 7.45. The highest BCUT2D eigenvalue weighted by Gasteiger charge is 2.55. The third-order valence-corrected chi connectivity index (χ3v) is 8.60. The molecule has 0 saturated carbocycles. The van der Waals surface area contributed by atoms with Gasteiger partial charge >= 0.3 is 5.97 Å². The Labute approximate surface area is 218 Å². The van der Waals surface area contributed by atoms with E-state index in [2.05, 4.69) is 60.1 Å². The molecule has 0 spiro atoms. The standard InChI is InChI=1S/C33H33N2O2/c1-2-25-23-35(22-24-11-5-3-6-12-24)20-18-27(25)21-31(35)32(37-33(36)26-13-7-4-8-14-26)29-17-19-34-30-16-10-9-15-28(29)30/h2-17,19,25,27,31-32H,1,18,20-23H2/q+1/t25?,27?,31-,32-,35-/m0/s1. The van der Waals surface area contributed by atoms with Crippen LogP contribution in [0.5, 0.6) is 0 Å². The summed E-state index contributed by atoms with van der Waals surface area (Å²) >= 11 is 0. The number of quaternary nitrogens is 1. The maximum atomic E-state index is 13.5. The van der Waals surface area contributed by atoms with E-state index in [1.807, 2.05) is 54.7 Å². The lowest BCUT2D eigenvalue weighted by molar-refractivity contribution is -0.984. The SMILES string of the molecule is C=CC1C[N@@+]2(Cc3ccccc3)CCC1C[C@H]2[C@@H](OC(=O)c1ccccc1)c1ccnc2ccccc12. The lowest BCUT2D eigenvalue weighted by atomic mass is 9.71. The molecule has 7 rings (SSSR count). The van der Waals surface area contributed by atoms with Crippen LogP contribution in [0.15, 0.2) is 110 Å². The monoisotopic (exact) mass is 489 g/mol. The number of carbonyl (C=O) groups is 1. The van der Waals surface area contributed by atoms with Gasteiger partial charge in [0.25, 0.3) is 0 Å². The first-order chi connectivity index (χ1) is 18.2. The number of piperidine rings is 3. The Morgan fingerprint density at radius 1 is 1.00 bits per heavy atom. The second-order valence-electron chi connectivity index (χ2n) is 10.6. The van der Waals surface area contributed by atoms with Crippen molar-refractivity contribution < 1.29 is 14.0 Å². The molecule has 3 aliphatic heterocycles. The first-order valence-electron chi connectivity index (χ1n) is 13.3. The fourth-order valence-corrected chi connectivity index (χ4v) is 6.78. The van der Waals surface area contributed by atoms with Crippen LogP contribution in [0.25, 0.3) is 10.9 Å². The zero-order valence-electron chi connectivity index (χ0n) is 21.1. The van der Waals surface area contributed by atoms with Crippen molar-refractivity contribution >= 4 is 16.9 Å². The van der Waals surface area contributed by atoms with E-state index in [0.29, 0.717) is 17.4 Å². The number of para-hydroxylation sites is 1. The molecule has 4 heteroatoms. The molecule has 186 valence electrons. The molecule has 1 aromatic heterocycles. The number of nitrogens with zero attached hydrogens (tertiary/aromatic N) is 2. The quantitative estimate of drug-likeness (QED) is 0.164. The van der Waals surface area contributed by atoms with E-state index in [1.54, 1.807) is 0 Å². The molecule has 3 fully saturated rings. The number of aromatic nitrogens is 1. The molecule has 3 aliphatic rings. The van der Waals surface area contributed by atoms with Gasteiger partial charge in [-0.2, -0.15) is 0 Å². The van der Waals surface area contributed by atoms with E-state index in [-0.39, 0.29) is 18.1 Å². The summed E-state index contributed by atoms with van der Waals surface area (Å²) in [7, 11) is 0. The van der Waals surface area contributed by atoms with Crippen molar-refractivity contribution in [1.29, 1.82) is 0 Å². The maximum Gasteiger partial charge on any atom is 0.338 e. The molecule has 4 heterocycles. The van der Waals surface area contributed by atoms with Crippen molar-refractivity contribution in [3.63, 3.8) is 0 Å². The zero-order valence-corrected chi connectivity index (χ0v) is 21.1. The van der Waals surface area contributed by atoms with Crippen LogP contribution in [0.4, 0.5) is 0 Å². The van der Waals surface area contributed by atoms with Crippen molar-refractivity contribution in [3.05, 3.63) is 127 Å². The van der Waals surface area contributed by atoms with E-state index in [0.717, 1.165) is 47.0 Å². The molecule has 0 aliphatic carbocycles. The van der Waals surface area contributed by atoms with Crippen molar-refractivity contribution in [2.45, 2.75) is 31.5 Å². The molecule has 0 N–H and O–H groups in total. The molecule has 5 atom stereocenters. The Balaban J connectivity index is 1.47. The van der Waals surface area contributed by atoms with Gasteiger partial charge in [-0.1, -0.05) is 72.8 Å². The number of pyridine rings is 1. The first-order valence-corrected chi connectivity index (χ1v) is 13.3. The summed E-state index contributed by atoms with van der Waals surface area (Å²) in [6.07, 6.45) is 5.82. The topological polar surface area (TPSA) is 39.2 Å². The third kappa shape index (κ3) is 4.47. The number of esters is 1. The number of ether oxygens (including phenoxy) is 1. The van der Waals surface area contributed by atoms with Crippen LogP contribution < -0.4 is 0 Å². The summed E-state index contributed by atoms with van der Waals surface area (Å²) in [5.74, 6) is 0.768. The predicted molar refractivity (Wildman–Crippen MR) is 147 cm³/mol. The van der Waals surface area contributed by atoms with Crippen molar-refractivity contribution in [3.8, 4) is 0 Å². The van der Waals surface area contributed by atoms with Gasteiger partial charge in [-0.05, 0) is 30.2 Å². The van der Waals surface area contributed by atoms with Crippen LogP contribution in [0.1, 0.15) is 40.4 Å². The first kappa shape index (κ1) is 23.6. The Kier molecular flexibility index (Phi) is 6.35. The van der Waals surface area contributed by atoms with Gasteiger partial charge in [-0.25, -0.2) is 4.79 Å². The lowest BCUT2D eigenvalue weighted by Gasteiger charge is -2.58. The Hall–Kier alpha value is -3.76. The summed E-state index contributed by atoms with van der Waals surface area (Å²) in [6, 6.07) is 30.5. The Bertz CT molecular complexity index is 1400. The summed E-state index contributed by atoms with van der Waals surface area (Å²) in [5.41, 5.74) is 3.88. The third-order valence-electron chi connectivity index (χ3n) is 8.60. The minimum atomic E-state index is -0.377. The number of carbonyl (C=O) groups excluding carboxylic acids is 1. The van der Waals surface area contributed by atoms with Gasteiger partial charge in [0.05, 0.1) is 24.2 Å². The van der Waals surface area contributed by atoms with Crippen molar-refractivity contribution in [2.24, 2.45) is 11.8 Å². The molecule has 4 nitrogen and oxygen atoms in total. The molecule has 37 heavy (non-hydrogen) atoms. The number of hydrogen-bond donors (Lipinski definition) is 0. The number of benzene rings is 3. The van der Waals surface area contributed by atoms with Crippen LogP contribution in [0, 0.1) is 11.8 Å². The van der Waals surface area contributed by atoms with Gasteiger partial charge in [0.15, 0.2) is 6.10 Å². The molecular weight excluding hydrogens is 456 g/mol. The Morgan fingerprint density at radius 3 is 2.51 bits per heavy atom. The Morgan fingerprint density at radius 2 is 1.73 bits per heavy atom. The van der Waals surface area contributed by atoms with Gasteiger partial charge in [0.1, 0.15) is 12.6 Å². The van der Waals surface area contributed by atoms with E-state index in [1.165, 1.54) is 12.0 Å². The summed E-state index contributed by atoms with van der Waals surface area (Å²) in [6.45, 7) is 7.22. The maximum absolute atomic E-state index is 13.5. The highest BCUT2D eigenvalue weighted by molar-refractivity contribution is 5.90. The number of fused-ring (bicyclic) bond motifs is 4. The average Bonchev–Trinajstić information content (AvgIpc) is 2.96. The summed E-state index contributed by atoms with van der Waals surface area (Å²) in [5, 5.41) is 1.05. The van der Waals surface area contributed by atoms with Crippen LogP contribution >= 0.6 is 0 Å². The van der Waals surface area contributed by atoms with Gasteiger partial charge in [-0.3, -0.25) is 4.98 Å². The summed E-state index contributed by atoms with van der Waals surface area (Å²) in [4.78, 5) is 18.1. The molecule has 0 radical (unpaired) electrons. The zero-order chi connectivity index (χ0) is 25.2. The van der Waals surface area contributed by atoms with Crippen LogP contribution in [-0.4, -0.2) is 34.6 Å². The van der Waals surface area contributed by atoms with Crippen LogP contribution in [0.2, 0.25) is 0 Å². The van der Waals surface area contributed by atoms with E-state index in [4.69, 9.17) is 4.74 Å². The molecule has 4 aromatic rings. The molecule has 2 unspecified atom stereocenters. The molecular formula is C33H33N2O2+. The van der Waals surface area contributed by atoms with Crippen LogP contribution in [-0.2, 0) is 11.3 Å². The highest BCUT2D eigenvalue weighted by Crippen LogP contribution is 2.49. The van der Waals surface area contributed by atoms with Gasteiger partial charge in [0.2, 0.25) is 0 Å². The second-order valence-corrected chi connectivity index (χ2v) is 10.6. The smallest absolute Gasteiger partial charge is 0.338 e. The number of rotatable bonds is 7. The second kappa shape index (κ2) is 9.95. The van der Waals surface area contributed by atoms with Gasteiger partial charge in [-0.15, -0.1) is 6.58 Å². The van der Waals surface area contributed by atoms with Crippen molar-refractivity contribution in [2.75, 3.05) is 13.1 Å². The van der Waals surface area contributed by atoms with E-state index < -0.39 is 0 Å². The lowest BCUT2D eigenvalue weighted by Crippen LogP contribution is -2.67. The predicted octanol–water partition coefficient (Wildman–Crippen LogP) is 6.74. The fraction of sp³-hybridized carbons (Fsp3) is 0.273. The van der Waals surface area contributed by atoms with E-state index >= 15 is 0 Å². The molecule has 2 bridgehead atoms. The van der Waals surface area contributed by atoms with E-state index in [9.17, 15) is 4.79 Å². The largest absolute Gasteiger partial charge is 0.447 e. The van der Waals surface area contributed by atoms with Gasteiger partial charge in [0, 0.05) is 41.5 Å². The number of hydrogen-bond acceptors (Lipinski definition) is 3. The molecule has 3 aromatic carbocycles.